The molecular weight excluding hydrogens is 701 g/mol. The molecule has 2 aliphatic heterocycles. The second-order valence-electron chi connectivity index (χ2n) is 12.1. The topological polar surface area (TPSA) is 140 Å². The van der Waals surface area contributed by atoms with E-state index in [0.717, 1.165) is 37.6 Å². The summed E-state index contributed by atoms with van der Waals surface area (Å²) in [6, 6.07) is 0. The third kappa shape index (κ3) is 9.08. The highest BCUT2D eigenvalue weighted by molar-refractivity contribution is 8.00. The molecule has 2 saturated heterocycles. The molecule has 47 heavy (non-hydrogen) atoms. The molecule has 2 amide bonds. The zero-order chi connectivity index (χ0) is 33.3. The smallest absolute Gasteiger partial charge is 0.282 e. The maximum Gasteiger partial charge on any atom is 0.282 e. The number of alkyl halides is 4. The molecular formula is C27H34F4N10O2S4. The van der Waals surface area contributed by atoms with Gasteiger partial charge in [-0.05, 0) is 25.2 Å². The Kier molecular flexibility index (Phi) is 10.2. The van der Waals surface area contributed by atoms with Gasteiger partial charge in [-0.3, -0.25) is 9.59 Å². The largest absolute Gasteiger partial charge is 0.345 e. The van der Waals surface area contributed by atoms with Crippen LogP contribution in [0.4, 0.5) is 33.0 Å². The number of nitrogens with zero attached hydrogens (tertiary/aromatic N) is 6. The van der Waals surface area contributed by atoms with E-state index in [2.05, 4.69) is 41.7 Å². The monoisotopic (exact) mass is 734 g/mol. The normalized spacial score (nSPS) is 24.2. The average Bonchev–Trinajstić information content (AvgIpc) is 3.79. The van der Waals surface area contributed by atoms with Crippen molar-refractivity contribution in [1.29, 1.82) is 0 Å². The van der Waals surface area contributed by atoms with Gasteiger partial charge < -0.3 is 20.4 Å². The summed E-state index contributed by atoms with van der Waals surface area (Å²) < 4.78 is 53.0. The summed E-state index contributed by atoms with van der Waals surface area (Å²) in [6.45, 7) is -0.301. The standard InChI is InChI=1S/C27H34F4N10O2S4/c1-26(28,29)11-40(2)24-32-16(9-44-24)7-18(42)34-22-38-36-20(46-22)14-4-3-5-15(6-14)21-37-39-23(47-21)35-19(43)8-17-10-45-25(33-17)41-12-27(30,31)13-41/h9-10,14-15,21,23,37,39H,3-8,11-13H2,1-2H3,(H,35,43)(H,34,38,42)/t14-,15-,21?,23?/m0/s1. The lowest BCUT2D eigenvalue weighted by Gasteiger charge is -2.38. The Hall–Kier alpha value is -2.65. The van der Waals surface area contributed by atoms with Crippen molar-refractivity contribution >= 4 is 73.0 Å². The molecule has 4 atom stereocenters. The molecule has 1 aliphatic carbocycles. The van der Waals surface area contributed by atoms with Gasteiger partial charge >= 0.3 is 0 Å². The number of thioether (sulfide) groups is 1. The molecule has 2 unspecified atom stereocenters. The predicted octanol–water partition coefficient (Wildman–Crippen LogP) is 4.26. The fourth-order valence-electron chi connectivity index (χ4n) is 5.75. The van der Waals surface area contributed by atoms with E-state index in [1.165, 1.54) is 43.8 Å². The lowest BCUT2D eigenvalue weighted by molar-refractivity contribution is -0.120. The molecule has 1 saturated carbocycles. The summed E-state index contributed by atoms with van der Waals surface area (Å²) in [6.07, 6.45) is 3.91. The summed E-state index contributed by atoms with van der Waals surface area (Å²) in [5.74, 6) is -5.55. The van der Waals surface area contributed by atoms with Crippen LogP contribution in [0.25, 0.3) is 0 Å². The molecule has 256 valence electrons. The highest BCUT2D eigenvalue weighted by Gasteiger charge is 2.45. The van der Waals surface area contributed by atoms with E-state index in [9.17, 15) is 27.2 Å². The number of thiazole rings is 2. The van der Waals surface area contributed by atoms with E-state index in [1.54, 1.807) is 29.6 Å². The van der Waals surface area contributed by atoms with Crippen LogP contribution in [0.15, 0.2) is 10.8 Å². The molecule has 3 aliphatic rings. The first kappa shape index (κ1) is 34.2. The van der Waals surface area contributed by atoms with Crippen LogP contribution in [0, 0.1) is 5.92 Å². The molecule has 3 aromatic rings. The quantitative estimate of drug-likeness (QED) is 0.199. The number of anilines is 3. The third-order valence-electron chi connectivity index (χ3n) is 7.83. The number of nitrogens with one attached hydrogen (secondary N) is 4. The Balaban J connectivity index is 0.939. The van der Waals surface area contributed by atoms with Crippen LogP contribution in [0.1, 0.15) is 54.9 Å². The molecule has 0 radical (unpaired) electrons. The number of halogens is 4. The van der Waals surface area contributed by atoms with Gasteiger partial charge in [0, 0.05) is 30.6 Å². The van der Waals surface area contributed by atoms with Gasteiger partial charge in [-0.1, -0.05) is 29.5 Å². The van der Waals surface area contributed by atoms with Crippen molar-refractivity contribution < 1.29 is 27.2 Å². The number of hydrazine groups is 1. The Labute approximate surface area is 284 Å². The van der Waals surface area contributed by atoms with Gasteiger partial charge in [-0.2, -0.15) is 0 Å². The Bertz CT molecular complexity index is 1560. The van der Waals surface area contributed by atoms with Gasteiger partial charge in [-0.15, -0.1) is 32.9 Å². The van der Waals surface area contributed by atoms with Crippen LogP contribution in [0.5, 0.6) is 0 Å². The first-order valence-corrected chi connectivity index (χ1v) is 18.5. The molecule has 12 nitrogen and oxygen atoms in total. The van der Waals surface area contributed by atoms with E-state index in [4.69, 9.17) is 0 Å². The van der Waals surface area contributed by atoms with E-state index in [1.807, 2.05) is 0 Å². The first-order chi connectivity index (χ1) is 22.3. The third-order valence-corrected chi connectivity index (χ3v) is 12.1. The highest BCUT2D eigenvalue weighted by atomic mass is 32.2. The molecule has 4 N–H and O–H groups in total. The summed E-state index contributed by atoms with van der Waals surface area (Å²) in [5.41, 5.74) is 7.17. The Morgan fingerprint density at radius 1 is 1.09 bits per heavy atom. The Morgan fingerprint density at radius 3 is 2.60 bits per heavy atom. The fourth-order valence-corrected chi connectivity index (χ4v) is 9.50. The summed E-state index contributed by atoms with van der Waals surface area (Å²) in [5, 5.41) is 19.9. The van der Waals surface area contributed by atoms with E-state index in [-0.39, 0.29) is 54.5 Å². The number of carbonyl (C=O) groups excluding carboxylic acids is 2. The van der Waals surface area contributed by atoms with Crippen molar-refractivity contribution in [2.24, 2.45) is 5.92 Å². The molecule has 3 fully saturated rings. The van der Waals surface area contributed by atoms with Crippen LogP contribution in [0.2, 0.25) is 0 Å². The summed E-state index contributed by atoms with van der Waals surface area (Å²) >= 11 is 5.42. The molecule has 0 spiro atoms. The van der Waals surface area contributed by atoms with Crippen molar-refractivity contribution in [2.75, 3.05) is 41.8 Å². The van der Waals surface area contributed by atoms with Gasteiger partial charge in [0.05, 0.1) is 49.2 Å². The maximum absolute atomic E-state index is 13.3. The minimum Gasteiger partial charge on any atom is -0.345 e. The van der Waals surface area contributed by atoms with Crippen molar-refractivity contribution in [3.05, 3.63) is 27.2 Å². The van der Waals surface area contributed by atoms with Crippen molar-refractivity contribution in [3.8, 4) is 0 Å². The molecule has 6 rings (SSSR count). The van der Waals surface area contributed by atoms with Gasteiger partial charge in [0.2, 0.25) is 16.9 Å². The van der Waals surface area contributed by atoms with Crippen LogP contribution in [-0.4, -0.2) is 81.4 Å². The molecule has 20 heteroatoms. The fraction of sp³-hybridized carbons (Fsp3) is 0.630. The summed E-state index contributed by atoms with van der Waals surface area (Å²) in [4.78, 5) is 36.9. The SMILES string of the molecule is CN(CC(C)(F)F)c1nc(CC(=O)Nc2nnc([C@H]3CCC[C@H](C4NNC(NC(=O)Cc5csc(N6CC(F)(F)C6)n5)S4)C3)s2)cs1. The highest BCUT2D eigenvalue weighted by Crippen LogP contribution is 2.42. The lowest BCUT2D eigenvalue weighted by atomic mass is 9.81. The zero-order valence-electron chi connectivity index (χ0n) is 25.5. The minimum absolute atomic E-state index is 0.00648. The van der Waals surface area contributed by atoms with Gasteiger partial charge in [0.15, 0.2) is 10.3 Å². The van der Waals surface area contributed by atoms with Crippen LogP contribution in [0.3, 0.4) is 0 Å². The first-order valence-electron chi connectivity index (χ1n) is 15.0. The van der Waals surface area contributed by atoms with Crippen molar-refractivity contribution in [2.45, 2.75) is 74.1 Å². The van der Waals surface area contributed by atoms with Crippen molar-refractivity contribution in [3.63, 3.8) is 0 Å². The summed E-state index contributed by atoms with van der Waals surface area (Å²) in [7, 11) is 1.54. The number of amides is 2. The minimum atomic E-state index is -2.85. The number of aromatic nitrogens is 4. The van der Waals surface area contributed by atoms with Crippen LogP contribution < -0.4 is 31.3 Å². The average molecular weight is 735 g/mol. The Morgan fingerprint density at radius 2 is 1.83 bits per heavy atom. The predicted molar refractivity (Wildman–Crippen MR) is 176 cm³/mol. The van der Waals surface area contributed by atoms with Crippen LogP contribution >= 0.6 is 45.8 Å². The molecule has 5 heterocycles. The number of rotatable bonds is 12. The maximum atomic E-state index is 13.3. The zero-order valence-corrected chi connectivity index (χ0v) is 28.7. The lowest BCUT2D eigenvalue weighted by Crippen LogP contribution is -2.56. The second kappa shape index (κ2) is 14.1. The van der Waals surface area contributed by atoms with Crippen molar-refractivity contribution in [1.82, 2.24) is 36.3 Å². The van der Waals surface area contributed by atoms with E-state index >= 15 is 0 Å². The molecule has 3 aromatic heterocycles. The van der Waals surface area contributed by atoms with E-state index < -0.39 is 18.4 Å². The number of carbonyl (C=O) groups is 2. The van der Waals surface area contributed by atoms with Gasteiger partial charge in [-0.25, -0.2) is 38.4 Å². The molecule has 0 bridgehead atoms. The number of hydrogen-bond donors (Lipinski definition) is 4. The van der Waals surface area contributed by atoms with Crippen LogP contribution in [-0.2, 0) is 22.4 Å². The van der Waals surface area contributed by atoms with Gasteiger partial charge in [0.25, 0.3) is 11.8 Å². The van der Waals surface area contributed by atoms with Gasteiger partial charge in [0.1, 0.15) is 10.5 Å². The second-order valence-corrected chi connectivity index (χ2v) is 16.1. The molecule has 0 aromatic carbocycles. The van der Waals surface area contributed by atoms with E-state index in [0.29, 0.717) is 32.7 Å². The number of hydrogen-bond acceptors (Lipinski definition) is 14.